The number of allylic oxidation sites excluding steroid dienone is 2. The fraction of sp³-hybridized carbons (Fsp3) is 0.727. The topological polar surface area (TPSA) is 17.1 Å². The molecular formula is C11H16O. The third-order valence-corrected chi connectivity index (χ3v) is 3.64. The van der Waals surface area contributed by atoms with Crippen molar-refractivity contribution >= 4 is 5.78 Å². The molecule has 12 heavy (non-hydrogen) atoms. The molecule has 0 N–H and O–H groups in total. The summed E-state index contributed by atoms with van der Waals surface area (Å²) in [5.41, 5.74) is 0.0642. The maximum Gasteiger partial charge on any atom is 0.139 e. The Morgan fingerprint density at radius 2 is 2.33 bits per heavy atom. The van der Waals surface area contributed by atoms with Gasteiger partial charge in [-0.25, -0.2) is 0 Å². The van der Waals surface area contributed by atoms with E-state index in [9.17, 15) is 4.79 Å². The molecule has 1 fully saturated rings. The van der Waals surface area contributed by atoms with E-state index in [1.54, 1.807) is 0 Å². The molecule has 1 heteroatoms. The van der Waals surface area contributed by atoms with Gasteiger partial charge in [-0.15, -0.1) is 0 Å². The van der Waals surface area contributed by atoms with Crippen molar-refractivity contribution in [1.82, 2.24) is 0 Å². The minimum atomic E-state index is 0.0642. The third kappa shape index (κ3) is 0.954. The third-order valence-electron chi connectivity index (χ3n) is 3.64. The lowest BCUT2D eigenvalue weighted by atomic mass is 9.68. The molecular weight excluding hydrogens is 148 g/mol. The molecule has 0 radical (unpaired) electrons. The highest BCUT2D eigenvalue weighted by molar-refractivity contribution is 5.87. The van der Waals surface area contributed by atoms with Gasteiger partial charge in [0.1, 0.15) is 5.78 Å². The summed E-state index contributed by atoms with van der Waals surface area (Å²) in [5.74, 6) is 1.01. The second kappa shape index (κ2) is 2.72. The Hall–Kier alpha value is -0.590. The van der Waals surface area contributed by atoms with E-state index in [4.69, 9.17) is 0 Å². The average Bonchev–Trinajstić information content (AvgIpc) is 2.41. The Bertz CT molecular complexity index is 229. The van der Waals surface area contributed by atoms with Crippen molar-refractivity contribution < 1.29 is 4.79 Å². The normalized spacial score (nSPS) is 41.1. The summed E-state index contributed by atoms with van der Waals surface area (Å²) in [7, 11) is 0. The van der Waals surface area contributed by atoms with Crippen LogP contribution in [0.1, 0.15) is 39.0 Å². The van der Waals surface area contributed by atoms with Gasteiger partial charge in [0.25, 0.3) is 0 Å². The molecule has 2 aliphatic carbocycles. The van der Waals surface area contributed by atoms with Crippen molar-refractivity contribution in [2.24, 2.45) is 11.3 Å². The Balaban J connectivity index is 2.29. The number of rotatable bonds is 0. The molecule has 1 nitrogen and oxygen atoms in total. The van der Waals surface area contributed by atoms with Gasteiger partial charge in [-0.1, -0.05) is 19.1 Å². The molecule has 66 valence electrons. The Labute approximate surface area is 73.8 Å². The molecule has 0 heterocycles. The maximum atomic E-state index is 11.7. The number of hydrogen-bond acceptors (Lipinski definition) is 1. The zero-order valence-electron chi connectivity index (χ0n) is 7.68. The predicted octanol–water partition coefficient (Wildman–Crippen LogP) is 2.71. The standard InChI is InChI=1S/C11H16O/c1-9-5-2-3-7-11(9)8-4-6-10(11)12/h2,5,9H,3-4,6-8H2,1H3/t9-,11+/m0/s1. The first-order valence-corrected chi connectivity index (χ1v) is 4.96. The lowest BCUT2D eigenvalue weighted by Gasteiger charge is -2.34. The second-order valence-electron chi connectivity index (χ2n) is 4.19. The molecule has 0 amide bonds. The van der Waals surface area contributed by atoms with E-state index in [1.807, 2.05) is 0 Å². The summed E-state index contributed by atoms with van der Waals surface area (Å²) >= 11 is 0. The van der Waals surface area contributed by atoms with Gasteiger partial charge in [0.2, 0.25) is 0 Å². The average molecular weight is 164 g/mol. The minimum Gasteiger partial charge on any atom is -0.299 e. The van der Waals surface area contributed by atoms with E-state index < -0.39 is 0 Å². The Kier molecular flexibility index (Phi) is 1.82. The first-order chi connectivity index (χ1) is 5.76. The molecule has 0 saturated heterocycles. The summed E-state index contributed by atoms with van der Waals surface area (Å²) in [6.45, 7) is 2.19. The molecule has 2 atom stereocenters. The fourth-order valence-corrected chi connectivity index (χ4v) is 2.75. The van der Waals surface area contributed by atoms with Gasteiger partial charge in [0, 0.05) is 11.8 Å². The molecule has 0 unspecified atom stereocenters. The number of Topliss-reactive ketones (excluding diaryl/α,β-unsaturated/α-hetero) is 1. The first-order valence-electron chi connectivity index (χ1n) is 4.96. The van der Waals surface area contributed by atoms with Gasteiger partial charge in [0.15, 0.2) is 0 Å². The molecule has 0 aromatic rings. The van der Waals surface area contributed by atoms with Crippen molar-refractivity contribution in [3.05, 3.63) is 12.2 Å². The molecule has 0 aromatic heterocycles. The van der Waals surface area contributed by atoms with Crippen LogP contribution >= 0.6 is 0 Å². The van der Waals surface area contributed by atoms with E-state index in [2.05, 4.69) is 19.1 Å². The minimum absolute atomic E-state index is 0.0642. The molecule has 1 spiro atoms. The summed E-state index contributed by atoms with van der Waals surface area (Å²) in [6.07, 6.45) is 9.75. The molecule has 0 bridgehead atoms. The lowest BCUT2D eigenvalue weighted by Crippen LogP contribution is -2.33. The van der Waals surface area contributed by atoms with Gasteiger partial charge in [-0.05, 0) is 31.6 Å². The van der Waals surface area contributed by atoms with E-state index in [-0.39, 0.29) is 5.41 Å². The first kappa shape index (κ1) is 8.03. The van der Waals surface area contributed by atoms with Crippen LogP contribution in [0.5, 0.6) is 0 Å². The van der Waals surface area contributed by atoms with Crippen LogP contribution in [-0.4, -0.2) is 5.78 Å². The maximum absolute atomic E-state index is 11.7. The largest absolute Gasteiger partial charge is 0.299 e. The van der Waals surface area contributed by atoms with Crippen LogP contribution in [0.4, 0.5) is 0 Å². The number of carbonyl (C=O) groups excluding carboxylic acids is 1. The summed E-state index contributed by atoms with van der Waals surface area (Å²) in [5, 5.41) is 0. The quantitative estimate of drug-likeness (QED) is 0.503. The van der Waals surface area contributed by atoms with Crippen LogP contribution in [0.3, 0.4) is 0 Å². The van der Waals surface area contributed by atoms with Gasteiger partial charge < -0.3 is 0 Å². The molecule has 1 saturated carbocycles. The van der Waals surface area contributed by atoms with Crippen LogP contribution in [-0.2, 0) is 4.79 Å². The van der Waals surface area contributed by atoms with Crippen molar-refractivity contribution in [3.8, 4) is 0 Å². The highest BCUT2D eigenvalue weighted by atomic mass is 16.1. The van der Waals surface area contributed by atoms with Crippen LogP contribution in [0.25, 0.3) is 0 Å². The monoisotopic (exact) mass is 164 g/mol. The molecule has 0 aliphatic heterocycles. The van der Waals surface area contributed by atoms with Crippen LogP contribution in [0.2, 0.25) is 0 Å². The number of ketones is 1. The smallest absolute Gasteiger partial charge is 0.139 e. The Morgan fingerprint density at radius 1 is 1.50 bits per heavy atom. The Morgan fingerprint density at radius 3 is 2.92 bits per heavy atom. The van der Waals surface area contributed by atoms with Crippen LogP contribution in [0.15, 0.2) is 12.2 Å². The molecule has 2 rings (SSSR count). The van der Waals surface area contributed by atoms with Gasteiger partial charge >= 0.3 is 0 Å². The van der Waals surface area contributed by atoms with Crippen molar-refractivity contribution in [2.75, 3.05) is 0 Å². The van der Waals surface area contributed by atoms with Crippen molar-refractivity contribution in [3.63, 3.8) is 0 Å². The van der Waals surface area contributed by atoms with Gasteiger partial charge in [0.05, 0.1) is 0 Å². The SMILES string of the molecule is C[C@H]1C=CCC[C@@]12CCCC2=O. The summed E-state index contributed by atoms with van der Waals surface area (Å²) in [4.78, 5) is 11.7. The predicted molar refractivity (Wildman–Crippen MR) is 48.8 cm³/mol. The van der Waals surface area contributed by atoms with Crippen LogP contribution in [0, 0.1) is 11.3 Å². The zero-order chi connectivity index (χ0) is 8.60. The highest BCUT2D eigenvalue weighted by Crippen LogP contribution is 2.47. The van der Waals surface area contributed by atoms with Crippen molar-refractivity contribution in [1.29, 1.82) is 0 Å². The van der Waals surface area contributed by atoms with E-state index in [1.165, 1.54) is 0 Å². The summed E-state index contributed by atoms with van der Waals surface area (Å²) < 4.78 is 0. The lowest BCUT2D eigenvalue weighted by molar-refractivity contribution is -0.128. The summed E-state index contributed by atoms with van der Waals surface area (Å²) in [6, 6.07) is 0. The van der Waals surface area contributed by atoms with E-state index in [0.29, 0.717) is 11.7 Å². The van der Waals surface area contributed by atoms with Crippen molar-refractivity contribution in [2.45, 2.75) is 39.0 Å². The fourth-order valence-electron chi connectivity index (χ4n) is 2.75. The number of carbonyl (C=O) groups is 1. The van der Waals surface area contributed by atoms with E-state index >= 15 is 0 Å². The van der Waals surface area contributed by atoms with E-state index in [0.717, 1.165) is 32.1 Å². The van der Waals surface area contributed by atoms with Gasteiger partial charge in [-0.3, -0.25) is 4.79 Å². The molecule has 0 aromatic carbocycles. The zero-order valence-corrected chi connectivity index (χ0v) is 7.68. The second-order valence-corrected chi connectivity index (χ2v) is 4.19. The number of hydrogen-bond donors (Lipinski definition) is 0. The van der Waals surface area contributed by atoms with Gasteiger partial charge in [-0.2, -0.15) is 0 Å². The highest BCUT2D eigenvalue weighted by Gasteiger charge is 2.45. The molecule has 2 aliphatic rings. The van der Waals surface area contributed by atoms with Crippen LogP contribution < -0.4 is 0 Å².